The molecular formula is C21H27NO2. The lowest BCUT2D eigenvalue weighted by atomic mass is 9.87. The molecule has 2 aromatic rings. The van der Waals surface area contributed by atoms with Crippen LogP contribution in [0.5, 0.6) is 0 Å². The maximum Gasteiger partial charge on any atom is 0.224 e. The lowest BCUT2D eigenvalue weighted by molar-refractivity contribution is -0.121. The van der Waals surface area contributed by atoms with E-state index in [1.165, 1.54) is 5.56 Å². The molecule has 2 rings (SSSR count). The minimum absolute atomic E-state index is 0.0149. The molecule has 128 valence electrons. The Bertz CT molecular complexity index is 645. The van der Waals surface area contributed by atoms with Crippen LogP contribution < -0.4 is 5.32 Å². The zero-order chi connectivity index (χ0) is 17.6. The fourth-order valence-corrected chi connectivity index (χ4v) is 2.90. The van der Waals surface area contributed by atoms with Crippen molar-refractivity contribution in [3.05, 3.63) is 60.2 Å². The van der Waals surface area contributed by atoms with Gasteiger partial charge in [0.2, 0.25) is 5.91 Å². The molecule has 0 aliphatic rings. The van der Waals surface area contributed by atoms with Crippen LogP contribution in [0, 0.1) is 5.41 Å². The molecule has 0 heterocycles. The van der Waals surface area contributed by atoms with Crippen LogP contribution in [0.2, 0.25) is 0 Å². The summed E-state index contributed by atoms with van der Waals surface area (Å²) >= 11 is 0. The molecule has 1 unspecified atom stereocenters. The van der Waals surface area contributed by atoms with Gasteiger partial charge in [-0.1, -0.05) is 68.4 Å². The number of hydrogen-bond acceptors (Lipinski definition) is 2. The summed E-state index contributed by atoms with van der Waals surface area (Å²) in [6, 6.07) is 18.3. The van der Waals surface area contributed by atoms with E-state index in [4.69, 9.17) is 0 Å². The highest BCUT2D eigenvalue weighted by Gasteiger charge is 2.21. The summed E-state index contributed by atoms with van der Waals surface area (Å²) < 4.78 is 0. The van der Waals surface area contributed by atoms with Crippen LogP contribution in [0.3, 0.4) is 0 Å². The minimum atomic E-state index is -0.359. The molecule has 0 bridgehead atoms. The van der Waals surface area contributed by atoms with Gasteiger partial charge in [-0.3, -0.25) is 4.79 Å². The van der Waals surface area contributed by atoms with Gasteiger partial charge in [-0.05, 0) is 35.4 Å². The van der Waals surface area contributed by atoms with Gasteiger partial charge < -0.3 is 10.4 Å². The third kappa shape index (κ3) is 5.82. The molecule has 3 nitrogen and oxygen atoms in total. The predicted octanol–water partition coefficient (Wildman–Crippen LogP) is 3.81. The smallest absolute Gasteiger partial charge is 0.224 e. The Labute approximate surface area is 144 Å². The molecule has 24 heavy (non-hydrogen) atoms. The number of hydrogen-bond donors (Lipinski definition) is 2. The monoisotopic (exact) mass is 325 g/mol. The topological polar surface area (TPSA) is 49.3 Å². The van der Waals surface area contributed by atoms with Gasteiger partial charge in [-0.2, -0.15) is 0 Å². The van der Waals surface area contributed by atoms with Gasteiger partial charge in [0.1, 0.15) is 0 Å². The van der Waals surface area contributed by atoms with Gasteiger partial charge in [-0.25, -0.2) is 0 Å². The van der Waals surface area contributed by atoms with Gasteiger partial charge >= 0.3 is 0 Å². The minimum Gasteiger partial charge on any atom is -0.393 e. The van der Waals surface area contributed by atoms with E-state index >= 15 is 0 Å². The third-order valence-electron chi connectivity index (χ3n) is 4.04. The van der Waals surface area contributed by atoms with Gasteiger partial charge in [-0.15, -0.1) is 0 Å². The van der Waals surface area contributed by atoms with Crippen LogP contribution in [0.1, 0.15) is 32.8 Å². The quantitative estimate of drug-likeness (QED) is 0.813. The fraction of sp³-hybridized carbons (Fsp3) is 0.381. The van der Waals surface area contributed by atoms with E-state index in [1.54, 1.807) is 6.92 Å². The molecular weight excluding hydrogens is 298 g/mol. The Hall–Kier alpha value is -2.13. The van der Waals surface area contributed by atoms with Crippen molar-refractivity contribution in [3.63, 3.8) is 0 Å². The van der Waals surface area contributed by atoms with E-state index in [1.807, 2.05) is 30.3 Å². The number of nitrogens with one attached hydrogen (secondary N) is 1. The van der Waals surface area contributed by atoms with Gasteiger partial charge in [0.15, 0.2) is 0 Å². The van der Waals surface area contributed by atoms with Gasteiger partial charge in [0, 0.05) is 6.54 Å². The van der Waals surface area contributed by atoms with Crippen LogP contribution in [-0.4, -0.2) is 23.7 Å². The lowest BCUT2D eigenvalue weighted by Crippen LogP contribution is -2.36. The molecule has 0 aromatic heterocycles. The molecule has 0 spiro atoms. The van der Waals surface area contributed by atoms with E-state index in [0.29, 0.717) is 19.4 Å². The molecule has 0 fully saturated rings. The maximum absolute atomic E-state index is 12.1. The van der Waals surface area contributed by atoms with Crippen LogP contribution >= 0.6 is 0 Å². The molecule has 2 aromatic carbocycles. The number of benzene rings is 2. The van der Waals surface area contributed by atoms with Crippen molar-refractivity contribution in [3.8, 4) is 11.1 Å². The largest absolute Gasteiger partial charge is 0.393 e. The molecule has 0 aliphatic heterocycles. The highest BCUT2D eigenvalue weighted by molar-refractivity contribution is 5.78. The zero-order valence-electron chi connectivity index (χ0n) is 14.8. The van der Waals surface area contributed by atoms with Crippen LogP contribution in [0.4, 0.5) is 0 Å². The molecule has 0 saturated heterocycles. The summed E-state index contributed by atoms with van der Waals surface area (Å²) in [7, 11) is 0. The van der Waals surface area contributed by atoms with Crippen molar-refractivity contribution < 1.29 is 9.90 Å². The Morgan fingerprint density at radius 3 is 2.21 bits per heavy atom. The molecule has 2 N–H and O–H groups in total. The van der Waals surface area contributed by atoms with Gasteiger partial charge in [0.05, 0.1) is 12.5 Å². The van der Waals surface area contributed by atoms with Crippen molar-refractivity contribution in [2.45, 2.75) is 39.7 Å². The zero-order valence-corrected chi connectivity index (χ0v) is 14.8. The van der Waals surface area contributed by atoms with E-state index in [-0.39, 0.29) is 17.4 Å². The Morgan fingerprint density at radius 2 is 1.62 bits per heavy atom. The maximum atomic E-state index is 12.1. The summed E-state index contributed by atoms with van der Waals surface area (Å²) in [6.45, 7) is 6.44. The number of amides is 1. The first-order valence-corrected chi connectivity index (χ1v) is 8.45. The van der Waals surface area contributed by atoms with E-state index in [0.717, 1.165) is 11.1 Å². The second-order valence-corrected chi connectivity index (χ2v) is 7.23. The number of carbonyl (C=O) groups is 1. The summed E-state index contributed by atoms with van der Waals surface area (Å²) in [6.07, 6.45) is 0.682. The fourth-order valence-electron chi connectivity index (χ4n) is 2.90. The van der Waals surface area contributed by atoms with E-state index in [2.05, 4.69) is 43.4 Å². The van der Waals surface area contributed by atoms with Crippen molar-refractivity contribution in [1.82, 2.24) is 5.32 Å². The van der Waals surface area contributed by atoms with Crippen LogP contribution in [0.15, 0.2) is 54.6 Å². The first-order valence-electron chi connectivity index (χ1n) is 8.45. The highest BCUT2D eigenvalue weighted by Crippen LogP contribution is 2.21. The van der Waals surface area contributed by atoms with Crippen molar-refractivity contribution in [2.75, 3.05) is 6.54 Å². The average Bonchev–Trinajstić information content (AvgIpc) is 2.53. The molecule has 1 atom stereocenters. The van der Waals surface area contributed by atoms with Gasteiger partial charge in [0.25, 0.3) is 0 Å². The molecule has 0 radical (unpaired) electrons. The second-order valence-electron chi connectivity index (χ2n) is 7.23. The van der Waals surface area contributed by atoms with Crippen LogP contribution in [-0.2, 0) is 11.2 Å². The Morgan fingerprint density at radius 1 is 1.04 bits per heavy atom. The molecule has 0 aliphatic carbocycles. The van der Waals surface area contributed by atoms with Crippen LogP contribution in [0.25, 0.3) is 11.1 Å². The number of aliphatic hydroxyl groups excluding tert-OH is 1. The van der Waals surface area contributed by atoms with E-state index < -0.39 is 0 Å². The van der Waals surface area contributed by atoms with Crippen molar-refractivity contribution >= 4 is 5.91 Å². The first kappa shape index (κ1) is 18.2. The number of aliphatic hydroxyl groups is 1. The average molecular weight is 325 g/mol. The van der Waals surface area contributed by atoms with E-state index in [9.17, 15) is 9.90 Å². The number of rotatable bonds is 7. The normalized spacial score (nSPS) is 12.7. The Balaban J connectivity index is 1.88. The summed E-state index contributed by atoms with van der Waals surface area (Å²) in [4.78, 5) is 12.1. The second kappa shape index (κ2) is 8.11. The summed E-state index contributed by atoms with van der Waals surface area (Å²) in [5, 5.41) is 12.5. The third-order valence-corrected chi connectivity index (χ3v) is 4.04. The summed E-state index contributed by atoms with van der Waals surface area (Å²) in [5.41, 5.74) is 3.22. The van der Waals surface area contributed by atoms with Crippen molar-refractivity contribution in [2.24, 2.45) is 5.41 Å². The standard InChI is InChI=1S/C21H27NO2/c1-16(23)14-21(2,3)15-22-20(24)13-17-9-11-19(12-10-17)18-7-5-4-6-8-18/h4-12,16,23H,13-15H2,1-3H3,(H,22,24). The highest BCUT2D eigenvalue weighted by atomic mass is 16.3. The summed E-state index contributed by atoms with van der Waals surface area (Å²) in [5.74, 6) is 0.0149. The SMILES string of the molecule is CC(O)CC(C)(C)CNC(=O)Cc1ccc(-c2ccccc2)cc1. The first-order chi connectivity index (χ1) is 11.4. The Kier molecular flexibility index (Phi) is 6.16. The van der Waals surface area contributed by atoms with Crippen molar-refractivity contribution in [1.29, 1.82) is 0 Å². The lowest BCUT2D eigenvalue weighted by Gasteiger charge is -2.26. The predicted molar refractivity (Wildman–Crippen MR) is 98.7 cm³/mol. The molecule has 0 saturated carbocycles. The molecule has 3 heteroatoms. The number of carbonyl (C=O) groups excluding carboxylic acids is 1. The molecule has 1 amide bonds.